The molecule has 2 aromatic rings. The molecule has 4 rings (SSSR count). The van der Waals surface area contributed by atoms with Crippen molar-refractivity contribution in [3.05, 3.63) is 48.3 Å². The second-order valence-corrected chi connectivity index (χ2v) is 6.56. The second-order valence-electron chi connectivity index (χ2n) is 6.56. The third kappa shape index (κ3) is 2.91. The lowest BCUT2D eigenvalue weighted by molar-refractivity contribution is -0.117. The van der Waals surface area contributed by atoms with Crippen LogP contribution in [0.4, 0.5) is 5.69 Å². The Morgan fingerprint density at radius 2 is 2.20 bits per heavy atom. The Hall–Kier alpha value is -2.67. The highest BCUT2D eigenvalue weighted by atomic mass is 16.3. The summed E-state index contributed by atoms with van der Waals surface area (Å²) in [4.78, 5) is 26.2. The number of hydrogen-bond acceptors (Lipinski definition) is 4. The molecule has 7 heteroatoms. The van der Waals surface area contributed by atoms with Gasteiger partial charge >= 0.3 is 0 Å². The molecule has 1 aromatic carbocycles. The minimum absolute atomic E-state index is 0.0958. The van der Waals surface area contributed by atoms with Crippen LogP contribution in [0.15, 0.2) is 42.7 Å². The molecular weight excluding hydrogens is 320 g/mol. The molecule has 1 aromatic heterocycles. The van der Waals surface area contributed by atoms with E-state index in [1.54, 1.807) is 46.2 Å². The molecule has 2 fully saturated rings. The van der Waals surface area contributed by atoms with E-state index in [1.807, 2.05) is 6.07 Å². The number of amides is 2. The molecule has 2 amide bonds. The van der Waals surface area contributed by atoms with E-state index in [4.69, 9.17) is 0 Å². The summed E-state index contributed by atoms with van der Waals surface area (Å²) in [6.45, 7) is 0.695. The van der Waals surface area contributed by atoms with Gasteiger partial charge in [0.05, 0.1) is 18.2 Å². The van der Waals surface area contributed by atoms with Crippen molar-refractivity contribution in [2.75, 3.05) is 11.4 Å². The van der Waals surface area contributed by atoms with Crippen molar-refractivity contribution in [2.45, 2.75) is 37.5 Å². The Morgan fingerprint density at radius 1 is 1.32 bits per heavy atom. The lowest BCUT2D eigenvalue weighted by Gasteiger charge is -2.41. The number of nitrogens with one attached hydrogen (secondary N) is 1. The Morgan fingerprint density at radius 3 is 2.88 bits per heavy atom. The van der Waals surface area contributed by atoms with Gasteiger partial charge in [-0.3, -0.25) is 14.3 Å². The Kier molecular flexibility index (Phi) is 4.01. The number of nitrogens with zero attached hydrogens (tertiary/aromatic N) is 3. The maximum absolute atomic E-state index is 12.6. The predicted molar refractivity (Wildman–Crippen MR) is 91.2 cm³/mol. The molecule has 130 valence electrons. The standard InChI is InChI=1S/C18H20N4O3/c23-15-11-14(17(15)22-9-3-7-19-22)20-18(25)12-4-1-5-13(10-12)21-8-2-6-16(21)24/h1,3-5,7,9-10,14-15,17,23H,2,6,8,11H2,(H,20,25)/t14-,15+,17+/m0/s1. The summed E-state index contributed by atoms with van der Waals surface area (Å²) in [5, 5.41) is 17.1. The Bertz CT molecular complexity index is 789. The lowest BCUT2D eigenvalue weighted by atomic mass is 9.83. The molecule has 0 bridgehead atoms. The van der Waals surface area contributed by atoms with Crippen LogP contribution in [0.5, 0.6) is 0 Å². The van der Waals surface area contributed by atoms with Crippen molar-refractivity contribution in [1.29, 1.82) is 0 Å². The number of carbonyl (C=O) groups is 2. The highest BCUT2D eigenvalue weighted by Gasteiger charge is 2.42. The zero-order chi connectivity index (χ0) is 17.4. The van der Waals surface area contributed by atoms with Crippen LogP contribution in [0.1, 0.15) is 35.7 Å². The highest BCUT2D eigenvalue weighted by molar-refractivity contribution is 5.99. The molecule has 0 unspecified atom stereocenters. The Balaban J connectivity index is 1.47. The average molecular weight is 340 g/mol. The van der Waals surface area contributed by atoms with Crippen molar-refractivity contribution in [3.63, 3.8) is 0 Å². The van der Waals surface area contributed by atoms with Crippen LogP contribution in [0, 0.1) is 0 Å². The van der Waals surface area contributed by atoms with Crippen LogP contribution in [0.2, 0.25) is 0 Å². The summed E-state index contributed by atoms with van der Waals surface area (Å²) < 4.78 is 1.68. The Labute approximate surface area is 145 Å². The number of hydrogen-bond donors (Lipinski definition) is 2. The number of carbonyl (C=O) groups excluding carboxylic acids is 2. The van der Waals surface area contributed by atoms with Gasteiger partial charge in [0.2, 0.25) is 5.91 Å². The summed E-state index contributed by atoms with van der Waals surface area (Å²) in [7, 11) is 0. The third-order valence-electron chi connectivity index (χ3n) is 4.94. The average Bonchev–Trinajstić information content (AvgIpc) is 3.26. The summed E-state index contributed by atoms with van der Waals surface area (Å²) in [5.74, 6) is -0.110. The topological polar surface area (TPSA) is 87.5 Å². The van der Waals surface area contributed by atoms with Gasteiger partial charge in [0.25, 0.3) is 5.91 Å². The molecule has 2 N–H and O–H groups in total. The maximum Gasteiger partial charge on any atom is 0.251 e. The number of benzene rings is 1. The van der Waals surface area contributed by atoms with Gasteiger partial charge in [-0.05, 0) is 37.1 Å². The molecule has 25 heavy (non-hydrogen) atoms. The zero-order valence-electron chi connectivity index (χ0n) is 13.7. The van der Waals surface area contributed by atoms with Crippen LogP contribution < -0.4 is 10.2 Å². The molecule has 1 saturated heterocycles. The van der Waals surface area contributed by atoms with Gasteiger partial charge < -0.3 is 15.3 Å². The molecule has 0 radical (unpaired) electrons. The first-order chi connectivity index (χ1) is 12.1. The highest BCUT2D eigenvalue weighted by Crippen LogP contribution is 2.32. The van der Waals surface area contributed by atoms with Gasteiger partial charge in [0.15, 0.2) is 0 Å². The number of rotatable bonds is 4. The smallest absolute Gasteiger partial charge is 0.251 e. The summed E-state index contributed by atoms with van der Waals surface area (Å²) >= 11 is 0. The first-order valence-electron chi connectivity index (χ1n) is 8.52. The van der Waals surface area contributed by atoms with Crippen molar-refractivity contribution in [3.8, 4) is 0 Å². The van der Waals surface area contributed by atoms with Gasteiger partial charge in [-0.25, -0.2) is 0 Å². The first-order valence-corrected chi connectivity index (χ1v) is 8.52. The van der Waals surface area contributed by atoms with E-state index < -0.39 is 6.10 Å². The van der Waals surface area contributed by atoms with Crippen LogP contribution in [0.3, 0.4) is 0 Å². The number of aromatic nitrogens is 2. The molecule has 7 nitrogen and oxygen atoms in total. The SMILES string of the molecule is O=C(N[C@H]1C[C@@H](O)[C@@H]1n1cccn1)c1cccc(N2CCCC2=O)c1. The fourth-order valence-corrected chi connectivity index (χ4v) is 3.56. The van der Waals surface area contributed by atoms with E-state index in [0.29, 0.717) is 24.9 Å². The first kappa shape index (κ1) is 15.8. The molecular formula is C18H20N4O3. The summed E-state index contributed by atoms with van der Waals surface area (Å²) in [5.41, 5.74) is 1.27. The van der Waals surface area contributed by atoms with Crippen molar-refractivity contribution in [2.24, 2.45) is 0 Å². The zero-order valence-corrected chi connectivity index (χ0v) is 13.7. The molecule has 2 heterocycles. The fraction of sp³-hybridized carbons (Fsp3) is 0.389. The van der Waals surface area contributed by atoms with E-state index in [9.17, 15) is 14.7 Å². The molecule has 1 saturated carbocycles. The number of aliphatic hydroxyl groups excluding tert-OH is 1. The third-order valence-corrected chi connectivity index (χ3v) is 4.94. The van der Waals surface area contributed by atoms with E-state index in [2.05, 4.69) is 10.4 Å². The molecule has 1 aliphatic heterocycles. The minimum atomic E-state index is -0.515. The summed E-state index contributed by atoms with van der Waals surface area (Å²) in [6.07, 6.45) is 4.83. The second kappa shape index (κ2) is 6.33. The summed E-state index contributed by atoms with van der Waals surface area (Å²) in [6, 6.07) is 8.49. The fourth-order valence-electron chi connectivity index (χ4n) is 3.56. The largest absolute Gasteiger partial charge is 0.391 e. The van der Waals surface area contributed by atoms with Crippen LogP contribution >= 0.6 is 0 Å². The van der Waals surface area contributed by atoms with Crippen LogP contribution in [0.25, 0.3) is 0 Å². The maximum atomic E-state index is 12.6. The van der Waals surface area contributed by atoms with Crippen LogP contribution in [-0.4, -0.2) is 45.4 Å². The van der Waals surface area contributed by atoms with E-state index in [-0.39, 0.29) is 23.9 Å². The minimum Gasteiger partial charge on any atom is -0.391 e. The predicted octanol–water partition coefficient (Wildman–Crippen LogP) is 1.11. The lowest BCUT2D eigenvalue weighted by Crippen LogP contribution is -2.56. The van der Waals surface area contributed by atoms with Gasteiger partial charge in [-0.15, -0.1) is 0 Å². The van der Waals surface area contributed by atoms with E-state index >= 15 is 0 Å². The van der Waals surface area contributed by atoms with Crippen LogP contribution in [-0.2, 0) is 4.79 Å². The molecule has 2 aliphatic rings. The van der Waals surface area contributed by atoms with Gasteiger partial charge in [0.1, 0.15) is 0 Å². The van der Waals surface area contributed by atoms with Gasteiger partial charge in [-0.2, -0.15) is 5.10 Å². The van der Waals surface area contributed by atoms with Crippen molar-refractivity contribution < 1.29 is 14.7 Å². The van der Waals surface area contributed by atoms with E-state index in [0.717, 1.165) is 12.1 Å². The monoisotopic (exact) mass is 340 g/mol. The normalized spacial score (nSPS) is 25.7. The van der Waals surface area contributed by atoms with Crippen molar-refractivity contribution >= 4 is 17.5 Å². The van der Waals surface area contributed by atoms with Crippen molar-refractivity contribution in [1.82, 2.24) is 15.1 Å². The number of anilines is 1. The van der Waals surface area contributed by atoms with Gasteiger partial charge in [0, 0.05) is 36.6 Å². The van der Waals surface area contributed by atoms with Gasteiger partial charge in [-0.1, -0.05) is 6.07 Å². The molecule has 1 aliphatic carbocycles. The number of aliphatic hydroxyl groups is 1. The van der Waals surface area contributed by atoms with E-state index in [1.165, 1.54) is 0 Å². The molecule has 3 atom stereocenters. The molecule has 0 spiro atoms. The quantitative estimate of drug-likeness (QED) is 0.873.